The van der Waals surface area contributed by atoms with Gasteiger partial charge < -0.3 is 14.7 Å². The fraction of sp³-hybridized carbons (Fsp3) is 0.412. The van der Waals surface area contributed by atoms with E-state index in [4.69, 9.17) is 0 Å². The highest BCUT2D eigenvalue weighted by molar-refractivity contribution is 7.33. The van der Waals surface area contributed by atoms with Crippen molar-refractivity contribution in [2.24, 2.45) is 0 Å². The monoisotopic (exact) mass is 1200 g/mol. The number of nitrogens with zero attached hydrogens (tertiary/aromatic N) is 3. The van der Waals surface area contributed by atoms with E-state index in [1.807, 2.05) is 0 Å². The minimum Gasteiger partial charge on any atom is -0.311 e. The van der Waals surface area contributed by atoms with Crippen LogP contribution < -0.4 is 30.4 Å². The zero-order valence-corrected chi connectivity index (χ0v) is 58.3. The third-order valence-corrected chi connectivity index (χ3v) is 25.6. The fourth-order valence-corrected chi connectivity index (χ4v) is 19.1. The molecule has 2 aliphatic heterocycles. The molecule has 0 fully saturated rings. The van der Waals surface area contributed by atoms with Gasteiger partial charge in [-0.15, -0.1) is 11.3 Å². The Morgan fingerprint density at radius 2 is 0.767 bits per heavy atom. The van der Waals surface area contributed by atoms with Gasteiger partial charge in [-0.05, 0) is 240 Å². The van der Waals surface area contributed by atoms with Crippen molar-refractivity contribution < 1.29 is 0 Å². The minimum atomic E-state index is -0.192. The van der Waals surface area contributed by atoms with Crippen molar-refractivity contribution in [3.63, 3.8) is 0 Å². The van der Waals surface area contributed by atoms with Crippen LogP contribution in [0, 0.1) is 0 Å². The van der Waals surface area contributed by atoms with Crippen LogP contribution in [0.15, 0.2) is 158 Å². The number of hydrogen-bond donors (Lipinski definition) is 0. The lowest BCUT2D eigenvalue weighted by molar-refractivity contribution is 0.332. The van der Waals surface area contributed by atoms with E-state index >= 15 is 0 Å². The second-order valence-corrected chi connectivity index (χ2v) is 35.5. The molecule has 0 N–H and O–H groups in total. The fourth-order valence-electron chi connectivity index (χ4n) is 17.8. The first-order valence-electron chi connectivity index (χ1n) is 34.2. The van der Waals surface area contributed by atoms with Gasteiger partial charge in [-0.3, -0.25) is 0 Å². The maximum absolute atomic E-state index is 2.81. The molecule has 5 heteroatoms. The third-order valence-electron chi connectivity index (χ3n) is 24.4. The van der Waals surface area contributed by atoms with Crippen LogP contribution in [0.5, 0.6) is 0 Å². The maximum atomic E-state index is 2.81. The number of para-hydroxylation sites is 1. The summed E-state index contributed by atoms with van der Waals surface area (Å²) in [5.74, 6) is 0. The molecular weight excluding hydrogens is 1110 g/mol. The molecule has 0 amide bonds. The number of thiophene rings is 1. The van der Waals surface area contributed by atoms with Crippen molar-refractivity contribution in [1.82, 2.24) is 0 Å². The van der Waals surface area contributed by atoms with Gasteiger partial charge in [0, 0.05) is 60.1 Å². The van der Waals surface area contributed by atoms with E-state index in [1.54, 1.807) is 0 Å². The smallest absolute Gasteiger partial charge is 0.264 e. The van der Waals surface area contributed by atoms with Crippen molar-refractivity contribution >= 4 is 95.0 Å². The lowest BCUT2D eigenvalue weighted by Gasteiger charge is -2.48. The molecule has 0 bridgehead atoms. The Kier molecular flexibility index (Phi) is 13.0. The average Bonchev–Trinajstić information content (AvgIpc) is 1.22. The lowest BCUT2D eigenvalue weighted by atomic mass is 9.35. The van der Waals surface area contributed by atoms with Crippen molar-refractivity contribution in [1.29, 1.82) is 0 Å². The van der Waals surface area contributed by atoms with E-state index in [1.165, 1.54) is 141 Å². The quantitative estimate of drug-likeness (QED) is 0.147. The molecule has 0 unspecified atom stereocenters. The van der Waals surface area contributed by atoms with Crippen molar-refractivity contribution in [3.05, 3.63) is 213 Å². The van der Waals surface area contributed by atoms with Crippen LogP contribution >= 0.6 is 11.3 Å². The normalized spacial score (nSPS) is 20.4. The molecule has 3 nitrogen and oxygen atoms in total. The molecule has 8 aromatic carbocycles. The summed E-state index contributed by atoms with van der Waals surface area (Å²) >= 11 is 2.09. The Balaban J connectivity index is 1.10. The van der Waals surface area contributed by atoms with Crippen molar-refractivity contribution in [2.75, 3.05) is 14.7 Å². The second-order valence-electron chi connectivity index (χ2n) is 34.4. The first-order valence-corrected chi connectivity index (χ1v) is 35.0. The zero-order chi connectivity index (χ0) is 63.4. The van der Waals surface area contributed by atoms with Gasteiger partial charge in [0.25, 0.3) is 6.71 Å². The van der Waals surface area contributed by atoms with Crippen LogP contribution in [0.25, 0.3) is 10.1 Å². The van der Waals surface area contributed by atoms with Gasteiger partial charge in [-0.1, -0.05) is 203 Å². The number of benzene rings is 8. The standard InChI is InChI=1S/C85H96BN3S/c1-77(2)37-39-79(5,6)63-45-57(33-35-61(63)77)88-70-51-67-66(82(11,12)42-43-83(67,13)14)50-69(70)86-74-71(88)47-59(87(55-27-23-20-24-28-55)56-31-29-54(30-32-56)85(17,18)53-25-21-19-22-26-53)48-72(74)89(58-34-36-62-64(46-58)80(7,8)40-38-78(62,3)4)75-60-49-65-68(52-73(60)90-76(75)86)84(15,16)44-41-81(65,9)10/h19-36,45-52H,37-44H2,1-18H3. The summed E-state index contributed by atoms with van der Waals surface area (Å²) in [4.78, 5) is 8.15. The number of hydrogen-bond acceptors (Lipinski definition) is 4. The van der Waals surface area contributed by atoms with E-state index in [2.05, 4.69) is 308 Å². The highest BCUT2D eigenvalue weighted by Gasteiger charge is 2.50. The van der Waals surface area contributed by atoms with Crippen molar-refractivity contribution in [2.45, 2.75) is 225 Å². The zero-order valence-electron chi connectivity index (χ0n) is 57.5. The summed E-state index contributed by atoms with van der Waals surface area (Å²) in [6.07, 6.45) is 9.31. The van der Waals surface area contributed by atoms with Gasteiger partial charge in [0.15, 0.2) is 0 Å². The number of fused-ring (bicyclic) bond motifs is 10. The van der Waals surface area contributed by atoms with Crippen molar-refractivity contribution in [3.8, 4) is 0 Å². The molecule has 1 aromatic heterocycles. The van der Waals surface area contributed by atoms with E-state index < -0.39 is 0 Å². The maximum Gasteiger partial charge on any atom is 0.264 e. The van der Waals surface area contributed by atoms with Crippen LogP contribution in [0.3, 0.4) is 0 Å². The lowest BCUT2D eigenvalue weighted by Crippen LogP contribution is -2.61. The SMILES string of the molecule is CC1(C)CCC(C)(C)c2cc(N3c4cc5c(cc4B4c6sc7cc8c(cc7c6N(c6ccc7c(c6)C(C)(C)CCC7(C)C)c6cc(N(c7ccccc7)c7ccc(C(C)(C)c9ccccc9)cc7)cc3c64)C(C)(C)CCC8(C)C)C(C)(C)CCC5(C)C)ccc21. The molecule has 90 heavy (non-hydrogen) atoms. The Morgan fingerprint density at radius 1 is 0.367 bits per heavy atom. The van der Waals surface area contributed by atoms with Gasteiger partial charge in [-0.25, -0.2) is 0 Å². The first kappa shape index (κ1) is 59.5. The summed E-state index contributed by atoms with van der Waals surface area (Å²) in [5.41, 5.74) is 28.6. The van der Waals surface area contributed by atoms with Crippen LogP contribution in [0.1, 0.15) is 232 Å². The second kappa shape index (κ2) is 19.6. The van der Waals surface area contributed by atoms with Gasteiger partial charge >= 0.3 is 0 Å². The molecule has 0 radical (unpaired) electrons. The van der Waals surface area contributed by atoms with Gasteiger partial charge in [-0.2, -0.15) is 0 Å². The Labute approximate surface area is 544 Å². The van der Waals surface area contributed by atoms with E-state index in [0.717, 1.165) is 42.7 Å². The average molecular weight is 1200 g/mol. The summed E-state index contributed by atoms with van der Waals surface area (Å²) in [6.45, 7) is 44.7. The highest BCUT2D eigenvalue weighted by Crippen LogP contribution is 2.58. The molecule has 9 aromatic rings. The van der Waals surface area contributed by atoms with Crippen LogP contribution in [0.2, 0.25) is 0 Å². The summed E-state index contributed by atoms with van der Waals surface area (Å²) in [6, 6.07) is 63.3. The molecule has 3 heterocycles. The predicted octanol–water partition coefficient (Wildman–Crippen LogP) is 22.2. The third kappa shape index (κ3) is 8.97. The largest absolute Gasteiger partial charge is 0.311 e. The Morgan fingerprint density at radius 3 is 1.28 bits per heavy atom. The molecule has 4 aliphatic carbocycles. The summed E-state index contributed by atoms with van der Waals surface area (Å²) < 4.78 is 2.86. The molecule has 15 rings (SSSR count). The Hall–Kier alpha value is -6.82. The molecule has 0 saturated carbocycles. The van der Waals surface area contributed by atoms with Gasteiger partial charge in [0.05, 0.1) is 11.4 Å². The molecular formula is C85H96BN3S. The van der Waals surface area contributed by atoms with Crippen LogP contribution in [-0.4, -0.2) is 6.71 Å². The summed E-state index contributed by atoms with van der Waals surface area (Å²) in [7, 11) is 0. The molecule has 0 spiro atoms. The van der Waals surface area contributed by atoms with E-state index in [9.17, 15) is 0 Å². The van der Waals surface area contributed by atoms with Gasteiger partial charge in [0.2, 0.25) is 0 Å². The number of anilines is 9. The predicted molar refractivity (Wildman–Crippen MR) is 390 cm³/mol. The number of rotatable bonds is 7. The topological polar surface area (TPSA) is 9.72 Å². The highest BCUT2D eigenvalue weighted by atomic mass is 32.1. The Bertz CT molecular complexity index is 4410. The summed E-state index contributed by atoms with van der Waals surface area (Å²) in [5, 5.41) is 1.38. The van der Waals surface area contributed by atoms with Gasteiger partial charge in [0.1, 0.15) is 0 Å². The molecule has 0 saturated heterocycles. The minimum absolute atomic E-state index is 0.00420. The van der Waals surface area contributed by atoms with E-state index in [-0.39, 0.29) is 55.4 Å². The van der Waals surface area contributed by atoms with E-state index in [0.29, 0.717) is 0 Å². The first-order chi connectivity index (χ1) is 42.3. The molecule has 0 atom stereocenters. The molecule has 6 aliphatic rings. The van der Waals surface area contributed by atoms with Crippen LogP contribution in [-0.2, 0) is 48.7 Å². The van der Waals surface area contributed by atoms with Crippen LogP contribution in [0.4, 0.5) is 51.2 Å². The molecule has 460 valence electrons.